The number of carbonyl (C=O) groups is 3. The van der Waals surface area contributed by atoms with Crippen molar-refractivity contribution >= 4 is 17.7 Å². The lowest BCUT2D eigenvalue weighted by Gasteiger charge is -2.11. The van der Waals surface area contributed by atoms with E-state index in [-0.39, 0.29) is 0 Å². The Morgan fingerprint density at radius 1 is 0.625 bits per heavy atom. The third kappa shape index (κ3) is 7.82. The Morgan fingerprint density at radius 3 is 1.41 bits per heavy atom. The maximum absolute atomic E-state index is 11.8. The van der Waals surface area contributed by atoms with Crippen LogP contribution in [0.4, 0.5) is 0 Å². The molecular formula is C23H26O9. The molecule has 9 nitrogen and oxygen atoms in total. The number of ketones is 1. The zero-order valence-electron chi connectivity index (χ0n) is 18.5. The monoisotopic (exact) mass is 446 g/mol. The number of rotatable bonds is 12. The Bertz CT molecular complexity index is 877. The van der Waals surface area contributed by atoms with E-state index in [1.807, 2.05) is 13.8 Å². The van der Waals surface area contributed by atoms with Crippen molar-refractivity contribution in [2.24, 2.45) is 0 Å². The van der Waals surface area contributed by atoms with E-state index in [1.54, 1.807) is 36.4 Å². The van der Waals surface area contributed by atoms with Crippen molar-refractivity contribution in [3.8, 4) is 23.0 Å². The lowest BCUT2D eigenvalue weighted by molar-refractivity contribution is -0.154. The fourth-order valence-electron chi connectivity index (χ4n) is 2.51. The maximum atomic E-state index is 11.8. The van der Waals surface area contributed by atoms with Gasteiger partial charge in [0.05, 0.1) is 14.2 Å². The molecule has 0 unspecified atom stereocenters. The van der Waals surface area contributed by atoms with Crippen molar-refractivity contribution in [3.63, 3.8) is 0 Å². The molecule has 2 aromatic carbocycles. The SMILES string of the molecule is COc1cc(C)ccc1OCC(=O)OCC(=O)COC(=O)COc1ccc(C)cc1OC. The van der Waals surface area contributed by atoms with Crippen LogP contribution in [0.2, 0.25) is 0 Å². The van der Waals surface area contributed by atoms with E-state index < -0.39 is 44.1 Å². The van der Waals surface area contributed by atoms with Gasteiger partial charge in [-0.05, 0) is 49.2 Å². The van der Waals surface area contributed by atoms with Crippen molar-refractivity contribution in [2.75, 3.05) is 40.6 Å². The topological polar surface area (TPSA) is 107 Å². The molecule has 0 aliphatic heterocycles. The van der Waals surface area contributed by atoms with Gasteiger partial charge in [-0.15, -0.1) is 0 Å². The highest BCUT2D eigenvalue weighted by Crippen LogP contribution is 2.28. The van der Waals surface area contributed by atoms with E-state index in [9.17, 15) is 14.4 Å². The fraction of sp³-hybridized carbons (Fsp3) is 0.348. The summed E-state index contributed by atoms with van der Waals surface area (Å²) in [7, 11) is 2.98. The molecule has 0 bridgehead atoms. The highest BCUT2D eigenvalue weighted by Gasteiger charge is 2.14. The number of benzene rings is 2. The molecule has 0 heterocycles. The molecule has 0 saturated carbocycles. The highest BCUT2D eigenvalue weighted by atomic mass is 16.6. The standard InChI is InChI=1S/C23H26O9/c1-15-5-7-18(20(9-15)27-3)29-13-22(25)31-11-17(24)12-32-23(26)14-30-19-8-6-16(2)10-21(19)28-4/h5-10H,11-14H2,1-4H3. The van der Waals surface area contributed by atoms with Crippen molar-refractivity contribution in [3.05, 3.63) is 47.5 Å². The first kappa shape index (κ1) is 24.5. The molecule has 0 N–H and O–H groups in total. The summed E-state index contributed by atoms with van der Waals surface area (Å²) in [6, 6.07) is 10.5. The van der Waals surface area contributed by atoms with Gasteiger partial charge in [0.15, 0.2) is 49.4 Å². The molecule has 32 heavy (non-hydrogen) atoms. The zero-order valence-corrected chi connectivity index (χ0v) is 18.5. The summed E-state index contributed by atoms with van der Waals surface area (Å²) in [4.78, 5) is 35.4. The van der Waals surface area contributed by atoms with Crippen LogP contribution in [0.5, 0.6) is 23.0 Å². The molecule has 2 aromatic rings. The molecule has 172 valence electrons. The minimum atomic E-state index is -0.748. The smallest absolute Gasteiger partial charge is 0.344 e. The number of hydrogen-bond acceptors (Lipinski definition) is 9. The number of methoxy groups -OCH3 is 2. The Kier molecular flexibility index (Phi) is 9.34. The van der Waals surface area contributed by atoms with Crippen LogP contribution in [0.3, 0.4) is 0 Å². The van der Waals surface area contributed by atoms with Crippen molar-refractivity contribution in [1.29, 1.82) is 0 Å². The van der Waals surface area contributed by atoms with E-state index in [2.05, 4.69) is 0 Å². The number of hydrogen-bond donors (Lipinski definition) is 0. The molecule has 0 radical (unpaired) electrons. The number of aryl methyl sites for hydroxylation is 2. The summed E-state index contributed by atoms with van der Waals surface area (Å²) >= 11 is 0. The summed E-state index contributed by atoms with van der Waals surface area (Å²) in [5, 5.41) is 0. The van der Waals surface area contributed by atoms with Crippen LogP contribution in [-0.4, -0.2) is 58.4 Å². The largest absolute Gasteiger partial charge is 0.493 e. The summed E-state index contributed by atoms with van der Waals surface area (Å²) in [5.74, 6) is -0.379. The minimum absolute atomic E-state index is 0.375. The summed E-state index contributed by atoms with van der Waals surface area (Å²) in [6.07, 6.45) is 0. The number of esters is 2. The van der Waals surface area contributed by atoms with Crippen LogP contribution in [0.25, 0.3) is 0 Å². The first-order valence-electron chi connectivity index (χ1n) is 9.70. The molecule has 0 saturated heterocycles. The van der Waals surface area contributed by atoms with Gasteiger partial charge < -0.3 is 28.4 Å². The second-order valence-electron chi connectivity index (χ2n) is 6.75. The molecule has 0 atom stereocenters. The van der Waals surface area contributed by atoms with Crippen molar-refractivity contribution in [1.82, 2.24) is 0 Å². The normalized spacial score (nSPS) is 10.1. The summed E-state index contributed by atoms with van der Waals surface area (Å²) < 4.78 is 30.7. The van der Waals surface area contributed by atoms with E-state index >= 15 is 0 Å². The van der Waals surface area contributed by atoms with Gasteiger partial charge in [-0.1, -0.05) is 12.1 Å². The predicted molar refractivity (Wildman–Crippen MR) is 113 cm³/mol. The fourth-order valence-corrected chi connectivity index (χ4v) is 2.51. The quantitative estimate of drug-likeness (QED) is 0.454. The van der Waals surface area contributed by atoms with Gasteiger partial charge in [0.2, 0.25) is 5.78 Å². The number of ether oxygens (including phenoxy) is 6. The third-order valence-electron chi connectivity index (χ3n) is 4.12. The summed E-state index contributed by atoms with van der Waals surface area (Å²) in [5.41, 5.74) is 1.95. The number of carbonyl (C=O) groups excluding carboxylic acids is 3. The average molecular weight is 446 g/mol. The maximum Gasteiger partial charge on any atom is 0.344 e. The van der Waals surface area contributed by atoms with Crippen LogP contribution in [-0.2, 0) is 23.9 Å². The van der Waals surface area contributed by atoms with Crippen LogP contribution in [0.1, 0.15) is 11.1 Å². The van der Waals surface area contributed by atoms with Crippen molar-refractivity contribution < 1.29 is 42.8 Å². The highest BCUT2D eigenvalue weighted by molar-refractivity contribution is 5.85. The van der Waals surface area contributed by atoms with Crippen LogP contribution in [0.15, 0.2) is 36.4 Å². The summed E-state index contributed by atoms with van der Waals surface area (Å²) in [6.45, 7) is 1.88. The lowest BCUT2D eigenvalue weighted by Crippen LogP contribution is -2.24. The van der Waals surface area contributed by atoms with E-state index in [4.69, 9.17) is 28.4 Å². The van der Waals surface area contributed by atoms with E-state index in [0.29, 0.717) is 23.0 Å². The molecule has 0 spiro atoms. The van der Waals surface area contributed by atoms with Crippen molar-refractivity contribution in [2.45, 2.75) is 13.8 Å². The lowest BCUT2D eigenvalue weighted by atomic mass is 10.2. The van der Waals surface area contributed by atoms with E-state index in [0.717, 1.165) is 11.1 Å². The molecule has 0 aliphatic carbocycles. The Balaban J connectivity index is 1.67. The van der Waals surface area contributed by atoms with Crippen LogP contribution >= 0.6 is 0 Å². The molecular weight excluding hydrogens is 420 g/mol. The molecule has 0 aliphatic rings. The zero-order chi connectivity index (χ0) is 23.5. The van der Waals surface area contributed by atoms with E-state index in [1.165, 1.54) is 14.2 Å². The Morgan fingerprint density at radius 2 is 1.03 bits per heavy atom. The second kappa shape index (κ2) is 12.2. The van der Waals surface area contributed by atoms with Gasteiger partial charge in [-0.3, -0.25) is 4.79 Å². The van der Waals surface area contributed by atoms with Gasteiger partial charge in [-0.2, -0.15) is 0 Å². The van der Waals surface area contributed by atoms with Crippen LogP contribution < -0.4 is 18.9 Å². The molecule has 0 fully saturated rings. The predicted octanol–water partition coefficient (Wildman–Crippen LogP) is 2.43. The molecule has 0 aromatic heterocycles. The van der Waals surface area contributed by atoms with Gasteiger partial charge >= 0.3 is 11.9 Å². The van der Waals surface area contributed by atoms with Gasteiger partial charge in [0.1, 0.15) is 0 Å². The molecule has 2 rings (SSSR count). The van der Waals surface area contributed by atoms with Gasteiger partial charge in [0, 0.05) is 0 Å². The Hall–Kier alpha value is -3.75. The van der Waals surface area contributed by atoms with Gasteiger partial charge in [-0.25, -0.2) is 9.59 Å². The first-order valence-corrected chi connectivity index (χ1v) is 9.70. The molecule has 0 amide bonds. The van der Waals surface area contributed by atoms with Gasteiger partial charge in [0.25, 0.3) is 0 Å². The third-order valence-corrected chi connectivity index (χ3v) is 4.12. The second-order valence-corrected chi connectivity index (χ2v) is 6.75. The average Bonchev–Trinajstić information content (AvgIpc) is 2.79. The molecule has 9 heteroatoms. The van der Waals surface area contributed by atoms with Crippen LogP contribution in [0, 0.1) is 13.8 Å². The Labute approximate surface area is 186 Å². The minimum Gasteiger partial charge on any atom is -0.493 e. The number of Topliss-reactive ketones (excluding diaryl/α,β-unsaturated/α-hetero) is 1. The first-order chi connectivity index (χ1) is 15.3.